The third-order valence-corrected chi connectivity index (χ3v) is 2.90. The van der Waals surface area contributed by atoms with Crippen molar-refractivity contribution in [2.75, 3.05) is 13.1 Å². The van der Waals surface area contributed by atoms with E-state index in [0.29, 0.717) is 13.1 Å². The highest BCUT2D eigenvalue weighted by Gasteiger charge is 2.24. The molecule has 1 aliphatic rings. The SMILES string of the molecule is CC(O)CC(=O)N1CCC(CC(=O)O)CC1. The maximum Gasteiger partial charge on any atom is 0.303 e. The van der Waals surface area contributed by atoms with Gasteiger partial charge in [0, 0.05) is 19.5 Å². The number of aliphatic carboxylic acids is 1. The lowest BCUT2D eigenvalue weighted by molar-refractivity contribution is -0.138. The summed E-state index contributed by atoms with van der Waals surface area (Å²) in [5, 5.41) is 17.7. The van der Waals surface area contributed by atoms with Crippen LogP contribution in [0.3, 0.4) is 0 Å². The van der Waals surface area contributed by atoms with Crippen LogP contribution in [-0.2, 0) is 9.59 Å². The standard InChI is InChI=1S/C11H19NO4/c1-8(13)6-10(14)12-4-2-9(3-5-12)7-11(15)16/h8-9,13H,2-7H2,1H3,(H,15,16). The Hall–Kier alpha value is -1.10. The number of carboxylic acid groups (broad SMARTS) is 1. The summed E-state index contributed by atoms with van der Waals surface area (Å²) in [4.78, 5) is 23.8. The van der Waals surface area contributed by atoms with Crippen molar-refractivity contribution < 1.29 is 19.8 Å². The van der Waals surface area contributed by atoms with Crippen LogP contribution in [0.15, 0.2) is 0 Å². The zero-order valence-corrected chi connectivity index (χ0v) is 9.56. The van der Waals surface area contributed by atoms with Crippen LogP contribution in [0, 0.1) is 5.92 Å². The summed E-state index contributed by atoms with van der Waals surface area (Å²) in [5.74, 6) is -0.620. The van der Waals surface area contributed by atoms with E-state index in [4.69, 9.17) is 10.2 Å². The molecule has 5 nitrogen and oxygen atoms in total. The highest BCUT2D eigenvalue weighted by Crippen LogP contribution is 2.20. The second kappa shape index (κ2) is 5.84. The van der Waals surface area contributed by atoms with Gasteiger partial charge in [0.05, 0.1) is 12.5 Å². The van der Waals surface area contributed by atoms with Crippen LogP contribution < -0.4 is 0 Å². The second-order valence-corrected chi connectivity index (χ2v) is 4.48. The average Bonchev–Trinajstić information content (AvgIpc) is 2.16. The minimum atomic E-state index is -0.770. The summed E-state index contributed by atoms with van der Waals surface area (Å²) < 4.78 is 0. The average molecular weight is 229 g/mol. The topological polar surface area (TPSA) is 77.8 Å². The molecule has 2 N–H and O–H groups in total. The van der Waals surface area contributed by atoms with Gasteiger partial charge in [-0.1, -0.05) is 0 Å². The summed E-state index contributed by atoms with van der Waals surface area (Å²) in [7, 11) is 0. The molecular formula is C11H19NO4. The van der Waals surface area contributed by atoms with Crippen molar-refractivity contribution in [1.82, 2.24) is 4.90 Å². The van der Waals surface area contributed by atoms with E-state index >= 15 is 0 Å². The normalized spacial score (nSPS) is 19.5. The lowest BCUT2D eigenvalue weighted by Gasteiger charge is -2.31. The number of hydrogen-bond donors (Lipinski definition) is 2. The Morgan fingerprint density at radius 1 is 1.38 bits per heavy atom. The molecule has 1 unspecified atom stereocenters. The first-order chi connectivity index (χ1) is 7.49. The first-order valence-electron chi connectivity index (χ1n) is 5.66. The summed E-state index contributed by atoms with van der Waals surface area (Å²) in [6.07, 6.45) is 1.24. The fourth-order valence-corrected chi connectivity index (χ4v) is 2.02. The first-order valence-corrected chi connectivity index (χ1v) is 5.66. The Morgan fingerprint density at radius 2 is 1.94 bits per heavy atom. The number of piperidine rings is 1. The van der Waals surface area contributed by atoms with E-state index in [1.165, 1.54) is 0 Å². The van der Waals surface area contributed by atoms with Crippen LogP contribution in [-0.4, -0.2) is 46.2 Å². The summed E-state index contributed by atoms with van der Waals surface area (Å²) >= 11 is 0. The van der Waals surface area contributed by atoms with Gasteiger partial charge in [-0.15, -0.1) is 0 Å². The van der Waals surface area contributed by atoms with Crippen molar-refractivity contribution in [1.29, 1.82) is 0 Å². The minimum absolute atomic E-state index is 0.0382. The van der Waals surface area contributed by atoms with E-state index in [1.54, 1.807) is 11.8 Å². The molecule has 0 aliphatic carbocycles. The van der Waals surface area contributed by atoms with E-state index < -0.39 is 12.1 Å². The number of rotatable bonds is 4. The highest BCUT2D eigenvalue weighted by molar-refractivity contribution is 5.76. The molecule has 1 rings (SSSR count). The molecule has 0 bridgehead atoms. The molecular weight excluding hydrogens is 210 g/mol. The molecule has 1 atom stereocenters. The lowest BCUT2D eigenvalue weighted by atomic mass is 9.93. The number of nitrogens with zero attached hydrogens (tertiary/aromatic N) is 1. The summed E-state index contributed by atoms with van der Waals surface area (Å²) in [6, 6.07) is 0. The molecule has 5 heteroatoms. The Bertz CT molecular complexity index is 257. The number of carbonyl (C=O) groups is 2. The number of carbonyl (C=O) groups excluding carboxylic acids is 1. The van der Waals surface area contributed by atoms with Crippen LogP contribution in [0.5, 0.6) is 0 Å². The molecule has 0 radical (unpaired) electrons. The fourth-order valence-electron chi connectivity index (χ4n) is 2.02. The molecule has 16 heavy (non-hydrogen) atoms. The number of likely N-dealkylation sites (tertiary alicyclic amines) is 1. The van der Waals surface area contributed by atoms with Gasteiger partial charge < -0.3 is 15.1 Å². The van der Waals surface area contributed by atoms with E-state index in [9.17, 15) is 9.59 Å². The van der Waals surface area contributed by atoms with Gasteiger partial charge in [0.1, 0.15) is 0 Å². The van der Waals surface area contributed by atoms with Crippen molar-refractivity contribution in [2.45, 2.75) is 38.7 Å². The van der Waals surface area contributed by atoms with E-state index in [0.717, 1.165) is 12.8 Å². The molecule has 0 saturated carbocycles. The van der Waals surface area contributed by atoms with E-state index in [-0.39, 0.29) is 24.7 Å². The van der Waals surface area contributed by atoms with Crippen LogP contribution in [0.25, 0.3) is 0 Å². The fraction of sp³-hybridized carbons (Fsp3) is 0.818. The highest BCUT2D eigenvalue weighted by atomic mass is 16.4. The quantitative estimate of drug-likeness (QED) is 0.734. The number of aliphatic hydroxyl groups excluding tert-OH is 1. The van der Waals surface area contributed by atoms with Crippen molar-refractivity contribution in [3.05, 3.63) is 0 Å². The smallest absolute Gasteiger partial charge is 0.303 e. The van der Waals surface area contributed by atoms with Gasteiger partial charge >= 0.3 is 5.97 Å². The monoisotopic (exact) mass is 229 g/mol. The van der Waals surface area contributed by atoms with Crippen molar-refractivity contribution in [3.63, 3.8) is 0 Å². The van der Waals surface area contributed by atoms with Crippen LogP contribution in [0.1, 0.15) is 32.6 Å². The van der Waals surface area contributed by atoms with Crippen LogP contribution >= 0.6 is 0 Å². The molecule has 1 aliphatic heterocycles. The van der Waals surface area contributed by atoms with E-state index in [1.807, 2.05) is 0 Å². The first kappa shape index (κ1) is 13.0. The molecule has 92 valence electrons. The molecule has 1 heterocycles. The zero-order valence-electron chi connectivity index (χ0n) is 9.56. The zero-order chi connectivity index (χ0) is 12.1. The maximum atomic E-state index is 11.6. The van der Waals surface area contributed by atoms with Crippen LogP contribution in [0.2, 0.25) is 0 Å². The van der Waals surface area contributed by atoms with Gasteiger partial charge in [-0.25, -0.2) is 0 Å². The largest absolute Gasteiger partial charge is 0.481 e. The van der Waals surface area contributed by atoms with Gasteiger partial charge in [-0.3, -0.25) is 9.59 Å². The maximum absolute atomic E-state index is 11.6. The van der Waals surface area contributed by atoms with Gasteiger partial charge in [0.15, 0.2) is 0 Å². The third-order valence-electron chi connectivity index (χ3n) is 2.90. The van der Waals surface area contributed by atoms with Gasteiger partial charge in [-0.05, 0) is 25.7 Å². The van der Waals surface area contributed by atoms with Gasteiger partial charge in [0.25, 0.3) is 0 Å². The van der Waals surface area contributed by atoms with Gasteiger partial charge in [0.2, 0.25) is 5.91 Å². The Balaban J connectivity index is 2.31. The number of hydrogen-bond acceptors (Lipinski definition) is 3. The Morgan fingerprint density at radius 3 is 2.38 bits per heavy atom. The number of aliphatic hydroxyl groups is 1. The molecule has 0 aromatic heterocycles. The Kier molecular flexibility index (Phi) is 4.73. The number of amides is 1. The predicted molar refractivity (Wildman–Crippen MR) is 57.9 cm³/mol. The van der Waals surface area contributed by atoms with Crippen molar-refractivity contribution in [3.8, 4) is 0 Å². The third kappa shape index (κ3) is 4.18. The summed E-state index contributed by atoms with van der Waals surface area (Å²) in [5.41, 5.74) is 0. The van der Waals surface area contributed by atoms with Crippen molar-refractivity contribution in [2.24, 2.45) is 5.92 Å². The predicted octanol–water partition coefficient (Wildman–Crippen LogP) is 0.471. The molecule has 1 amide bonds. The second-order valence-electron chi connectivity index (χ2n) is 4.48. The number of carboxylic acids is 1. The minimum Gasteiger partial charge on any atom is -0.481 e. The molecule has 0 aromatic rings. The van der Waals surface area contributed by atoms with Crippen molar-refractivity contribution >= 4 is 11.9 Å². The summed E-state index contributed by atoms with van der Waals surface area (Å²) in [6.45, 7) is 2.82. The van der Waals surface area contributed by atoms with E-state index in [2.05, 4.69) is 0 Å². The molecule has 0 aromatic carbocycles. The lowest BCUT2D eigenvalue weighted by Crippen LogP contribution is -2.39. The molecule has 1 saturated heterocycles. The molecule has 1 fully saturated rings. The molecule has 0 spiro atoms. The van der Waals surface area contributed by atoms with Gasteiger partial charge in [-0.2, -0.15) is 0 Å². The van der Waals surface area contributed by atoms with Crippen LogP contribution in [0.4, 0.5) is 0 Å². The Labute approximate surface area is 95.1 Å².